The lowest BCUT2D eigenvalue weighted by Crippen LogP contribution is -2.34. The zero-order valence-electron chi connectivity index (χ0n) is 9.68. The highest BCUT2D eigenvalue weighted by molar-refractivity contribution is 6.20. The third-order valence-electron chi connectivity index (χ3n) is 5.63. The molecule has 6 heteroatoms. The van der Waals surface area contributed by atoms with Crippen LogP contribution in [0.1, 0.15) is 6.92 Å². The fourth-order valence-corrected chi connectivity index (χ4v) is 4.87. The van der Waals surface area contributed by atoms with Crippen LogP contribution in [0.15, 0.2) is 23.3 Å². The van der Waals surface area contributed by atoms with E-state index in [9.17, 15) is 19.2 Å². The second kappa shape index (κ2) is 2.07. The minimum absolute atomic E-state index is 0.299. The van der Waals surface area contributed by atoms with Crippen molar-refractivity contribution in [2.45, 2.75) is 6.92 Å². The first-order chi connectivity index (χ1) is 8.92. The first kappa shape index (κ1) is 9.66. The number of rotatable bonds is 0. The highest BCUT2D eigenvalue weighted by Crippen LogP contribution is 2.93. The molecule has 0 radical (unpaired) electrons. The molecule has 2 saturated heterocycles. The highest BCUT2D eigenvalue weighted by atomic mass is 16.6. The number of ether oxygens (including phenoxy) is 2. The zero-order valence-corrected chi connectivity index (χ0v) is 9.68. The Morgan fingerprint density at radius 3 is 1.84 bits per heavy atom. The third-order valence-corrected chi connectivity index (χ3v) is 5.63. The lowest BCUT2D eigenvalue weighted by atomic mass is 9.80. The van der Waals surface area contributed by atoms with Gasteiger partial charge in [-0.25, -0.2) is 9.59 Å². The summed E-state index contributed by atoms with van der Waals surface area (Å²) in [6.07, 6.45) is 2.98. The van der Waals surface area contributed by atoms with Gasteiger partial charge in [-0.15, -0.1) is 0 Å². The van der Waals surface area contributed by atoms with E-state index in [2.05, 4.69) is 4.74 Å². The van der Waals surface area contributed by atoms with Crippen molar-refractivity contribution in [3.8, 4) is 0 Å². The maximum atomic E-state index is 12.0. The van der Waals surface area contributed by atoms with Gasteiger partial charge in [-0.3, -0.25) is 9.59 Å². The van der Waals surface area contributed by atoms with Gasteiger partial charge in [0.15, 0.2) is 0 Å². The second-order valence-corrected chi connectivity index (χ2v) is 5.80. The van der Waals surface area contributed by atoms with Crippen LogP contribution < -0.4 is 0 Å². The monoisotopic (exact) mass is 258 g/mol. The first-order valence-corrected chi connectivity index (χ1v) is 5.90. The van der Waals surface area contributed by atoms with Gasteiger partial charge < -0.3 is 9.47 Å². The molecule has 3 aliphatic carbocycles. The zero-order chi connectivity index (χ0) is 13.4. The molecule has 5 rings (SSSR count). The average molecular weight is 258 g/mol. The van der Waals surface area contributed by atoms with Crippen LogP contribution in [0.5, 0.6) is 0 Å². The van der Waals surface area contributed by atoms with Crippen LogP contribution in [-0.4, -0.2) is 23.9 Å². The standard InChI is InChI=1S/C13H6O6/c1-11-6-4-2-12(11)9(16)19-10(17)13(11,12)3-5(6)8(15)18-7(4)14/h2-3,6H,1H3. The van der Waals surface area contributed by atoms with Crippen LogP contribution in [0.3, 0.4) is 0 Å². The molecule has 6 nitrogen and oxygen atoms in total. The summed E-state index contributed by atoms with van der Waals surface area (Å²) >= 11 is 0. The Balaban J connectivity index is 1.92. The maximum Gasteiger partial charge on any atom is 0.342 e. The van der Waals surface area contributed by atoms with Crippen LogP contribution in [0.4, 0.5) is 0 Å². The molecule has 5 aliphatic rings. The topological polar surface area (TPSA) is 86.7 Å². The number of carbonyl (C=O) groups is 4. The minimum Gasteiger partial charge on any atom is -0.392 e. The molecule has 0 aromatic rings. The van der Waals surface area contributed by atoms with Crippen molar-refractivity contribution < 1.29 is 28.7 Å². The van der Waals surface area contributed by atoms with Crippen molar-refractivity contribution in [2.24, 2.45) is 22.2 Å². The predicted octanol–water partition coefficient (Wildman–Crippen LogP) is -0.358. The van der Waals surface area contributed by atoms with E-state index >= 15 is 0 Å². The molecule has 0 aromatic carbocycles. The van der Waals surface area contributed by atoms with Gasteiger partial charge in [-0.1, -0.05) is 19.1 Å². The van der Waals surface area contributed by atoms with Crippen LogP contribution in [0.2, 0.25) is 0 Å². The van der Waals surface area contributed by atoms with Gasteiger partial charge >= 0.3 is 23.9 Å². The van der Waals surface area contributed by atoms with Gasteiger partial charge in [0.2, 0.25) is 0 Å². The summed E-state index contributed by atoms with van der Waals surface area (Å²) in [6.45, 7) is 1.76. The first-order valence-electron chi connectivity index (χ1n) is 5.90. The van der Waals surface area contributed by atoms with E-state index in [0.29, 0.717) is 11.1 Å². The van der Waals surface area contributed by atoms with Crippen molar-refractivity contribution >= 4 is 23.9 Å². The molecular weight excluding hydrogens is 252 g/mol. The van der Waals surface area contributed by atoms with Crippen molar-refractivity contribution in [3.63, 3.8) is 0 Å². The van der Waals surface area contributed by atoms with Gasteiger partial charge in [-0.05, 0) is 0 Å². The van der Waals surface area contributed by atoms with Crippen molar-refractivity contribution in [1.29, 1.82) is 0 Å². The Bertz CT molecular complexity index is 684. The molecular formula is C13H6O6. The fourth-order valence-electron chi connectivity index (χ4n) is 4.87. The number of hydrogen-bond donors (Lipinski definition) is 0. The predicted molar refractivity (Wildman–Crippen MR) is 54.8 cm³/mol. The second-order valence-electron chi connectivity index (χ2n) is 5.80. The lowest BCUT2D eigenvalue weighted by Gasteiger charge is -2.25. The van der Waals surface area contributed by atoms with Crippen LogP contribution in [0, 0.1) is 22.2 Å². The van der Waals surface area contributed by atoms with Crippen molar-refractivity contribution in [2.75, 3.05) is 0 Å². The molecule has 1 saturated carbocycles. The lowest BCUT2D eigenvalue weighted by molar-refractivity contribution is -0.162. The van der Waals surface area contributed by atoms with E-state index in [1.807, 2.05) is 0 Å². The molecule has 0 N–H and O–H groups in total. The molecule has 19 heavy (non-hydrogen) atoms. The average Bonchev–Trinajstić information content (AvgIpc) is 2.59. The molecule has 2 atom stereocenters. The molecule has 2 aliphatic heterocycles. The van der Waals surface area contributed by atoms with E-state index in [4.69, 9.17) is 4.74 Å². The summed E-state index contributed by atoms with van der Waals surface area (Å²) in [4.78, 5) is 47.6. The largest absolute Gasteiger partial charge is 0.392 e. The smallest absolute Gasteiger partial charge is 0.342 e. The number of esters is 4. The maximum absolute atomic E-state index is 12.0. The summed E-state index contributed by atoms with van der Waals surface area (Å²) in [5, 5.41) is 0. The Kier molecular flexibility index (Phi) is 1.05. The molecule has 2 spiro atoms. The summed E-state index contributed by atoms with van der Waals surface area (Å²) in [5.74, 6) is -3.22. The molecule has 0 amide bonds. The van der Waals surface area contributed by atoms with Crippen LogP contribution in [0.25, 0.3) is 0 Å². The van der Waals surface area contributed by atoms with Gasteiger partial charge in [0.1, 0.15) is 10.8 Å². The minimum atomic E-state index is -1.11. The fraction of sp³-hybridized carbons (Fsp3) is 0.385. The van der Waals surface area contributed by atoms with E-state index in [1.165, 1.54) is 12.2 Å². The highest BCUT2D eigenvalue weighted by Gasteiger charge is 3.01. The number of hydrogen-bond acceptors (Lipinski definition) is 6. The molecule has 0 bridgehead atoms. The van der Waals surface area contributed by atoms with Gasteiger partial charge in [0.25, 0.3) is 0 Å². The quantitative estimate of drug-likeness (QED) is 0.435. The molecule has 2 heterocycles. The Morgan fingerprint density at radius 2 is 1.37 bits per heavy atom. The van der Waals surface area contributed by atoms with E-state index in [0.717, 1.165) is 0 Å². The molecule has 3 fully saturated rings. The van der Waals surface area contributed by atoms with E-state index < -0.39 is 46.0 Å². The summed E-state index contributed by atoms with van der Waals surface area (Å²) < 4.78 is 9.36. The normalized spacial score (nSPS) is 51.3. The van der Waals surface area contributed by atoms with Crippen molar-refractivity contribution in [1.82, 2.24) is 0 Å². The molecule has 94 valence electrons. The van der Waals surface area contributed by atoms with E-state index in [-0.39, 0.29) is 0 Å². The van der Waals surface area contributed by atoms with Crippen LogP contribution >= 0.6 is 0 Å². The van der Waals surface area contributed by atoms with Crippen molar-refractivity contribution in [3.05, 3.63) is 23.3 Å². The SMILES string of the molecule is CC12C3C4=CC15C(=O)OC(=O)C52C=C3C(=O)OC4=O. The molecule has 2 unspecified atom stereocenters. The van der Waals surface area contributed by atoms with E-state index in [1.54, 1.807) is 6.92 Å². The Morgan fingerprint density at radius 1 is 0.895 bits per heavy atom. The Hall–Kier alpha value is -2.24. The number of carbonyl (C=O) groups excluding carboxylic acids is 4. The van der Waals surface area contributed by atoms with Gasteiger partial charge in [0, 0.05) is 22.5 Å². The molecule has 0 aromatic heterocycles. The summed E-state index contributed by atoms with van der Waals surface area (Å²) in [5.41, 5.74) is -2.39. The summed E-state index contributed by atoms with van der Waals surface area (Å²) in [7, 11) is 0. The summed E-state index contributed by atoms with van der Waals surface area (Å²) in [6, 6.07) is 0. The van der Waals surface area contributed by atoms with Crippen LogP contribution in [-0.2, 0) is 28.7 Å². The number of cyclic esters (lactones) is 4. The van der Waals surface area contributed by atoms with Gasteiger partial charge in [-0.2, -0.15) is 0 Å². The van der Waals surface area contributed by atoms with Gasteiger partial charge in [0.05, 0.1) is 0 Å². The third kappa shape index (κ3) is 0.534. The Labute approximate surface area is 106 Å².